The van der Waals surface area contributed by atoms with Crippen molar-refractivity contribution >= 4 is 26.0 Å². The van der Waals surface area contributed by atoms with Crippen molar-refractivity contribution in [2.45, 2.75) is 146 Å². The summed E-state index contributed by atoms with van der Waals surface area (Å²) in [6, 6.07) is 36.5. The first-order valence-corrected chi connectivity index (χ1v) is 26.1. The molecule has 2 fully saturated rings. The number of hydrogen-bond donors (Lipinski definition) is 0. The predicted octanol–water partition coefficient (Wildman–Crippen LogP) is 8.95. The third-order valence-electron chi connectivity index (χ3n) is 12.4. The van der Waals surface area contributed by atoms with Crippen LogP contribution in [0.1, 0.15) is 62.8 Å². The molecule has 370 valence electrons. The van der Waals surface area contributed by atoms with E-state index in [2.05, 4.69) is 43.9 Å². The zero-order valence-electron chi connectivity index (χ0n) is 40.4. The normalized spacial score (nSPS) is 25.0. The molecule has 6 rings (SSSR count). The zero-order valence-corrected chi connectivity index (χ0v) is 41.4. The van der Waals surface area contributed by atoms with E-state index in [4.69, 9.17) is 47.1 Å². The van der Waals surface area contributed by atoms with Crippen molar-refractivity contribution in [1.82, 2.24) is 0 Å². The molecule has 0 amide bonds. The van der Waals surface area contributed by atoms with E-state index in [9.17, 15) is 19.9 Å². The SMILES string of the molecule is COC(=O)[C@@H]1O[C@@H](O[C@H]2[C@H](OCc3ccccc3)[C@@H](N=[N+]=[N-])[C@H](O[Si](C)(C)C(C)(C)C)O[C@@H]2COCc2ccccc2)[C@H](OC(=O)CCC(C)=O)[C@@H](OCc2ccccc2)[C@@H]1OCc1ccccc1. The Morgan fingerprint density at radius 2 is 1.14 bits per heavy atom. The second-order valence-electron chi connectivity index (χ2n) is 18.6. The molecule has 0 unspecified atom stereocenters. The van der Waals surface area contributed by atoms with Crippen LogP contribution in [-0.2, 0) is 87.9 Å². The Kier molecular flexibility index (Phi) is 19.6. The van der Waals surface area contributed by atoms with Gasteiger partial charge in [0.05, 0.1) is 46.6 Å². The third kappa shape index (κ3) is 15.1. The maximum absolute atomic E-state index is 14.0. The standard InChI is InChI=1S/C52H65N3O13Si/c1-35(56)28-29-41(57)65-48-46(63-33-39-26-18-11-19-27-39)45(62-32-38-24-16-10-17-25-38)47(49(58)59-5)67-51(48)66-43-40(34-60-30-36-20-12-8-13-21-36)64-50(68-69(6,7)52(2,3)4)42(54-55-53)44(43)61-31-37-22-14-9-15-23-37/h8-27,40,42-48,50-51H,28-34H2,1-7H3/t40-,42-,43-,44-,45+,46+,47-,48-,50+,51-/m1/s1. The van der Waals surface area contributed by atoms with Crippen molar-refractivity contribution in [3.05, 3.63) is 154 Å². The summed E-state index contributed by atoms with van der Waals surface area (Å²) in [5.74, 6) is -1.79. The zero-order chi connectivity index (χ0) is 49.4. The number of benzene rings is 4. The number of carbonyl (C=O) groups excluding carboxylic acids is 3. The van der Waals surface area contributed by atoms with E-state index in [0.29, 0.717) is 0 Å². The average Bonchev–Trinajstić information content (AvgIpc) is 3.34. The van der Waals surface area contributed by atoms with Gasteiger partial charge in [-0.15, -0.1) is 0 Å². The highest BCUT2D eigenvalue weighted by Crippen LogP contribution is 2.42. The second kappa shape index (κ2) is 25.5. The highest BCUT2D eigenvalue weighted by Gasteiger charge is 2.57. The van der Waals surface area contributed by atoms with Crippen molar-refractivity contribution in [3.8, 4) is 0 Å². The molecule has 2 aliphatic heterocycles. The number of methoxy groups -OCH3 is 1. The lowest BCUT2D eigenvalue weighted by Crippen LogP contribution is -2.67. The van der Waals surface area contributed by atoms with Gasteiger partial charge in [0.2, 0.25) is 0 Å². The van der Waals surface area contributed by atoms with Gasteiger partial charge in [0.15, 0.2) is 33.1 Å². The van der Waals surface area contributed by atoms with Crippen LogP contribution >= 0.6 is 0 Å². The molecular weight excluding hydrogens is 903 g/mol. The molecule has 2 heterocycles. The molecule has 0 aliphatic carbocycles. The minimum atomic E-state index is -2.65. The fraction of sp³-hybridized carbons (Fsp3) is 0.481. The highest BCUT2D eigenvalue weighted by atomic mass is 28.4. The number of carbonyl (C=O) groups is 3. The number of esters is 2. The summed E-state index contributed by atoms with van der Waals surface area (Å²) in [6.45, 7) is 11.9. The predicted molar refractivity (Wildman–Crippen MR) is 256 cm³/mol. The molecular formula is C52H65N3O13Si. The molecule has 10 atom stereocenters. The largest absolute Gasteiger partial charge is 0.467 e. The fourth-order valence-corrected chi connectivity index (χ4v) is 8.79. The number of azide groups is 1. The van der Waals surface area contributed by atoms with Crippen LogP contribution in [-0.4, -0.2) is 101 Å². The monoisotopic (exact) mass is 967 g/mol. The van der Waals surface area contributed by atoms with Crippen LogP contribution in [0.2, 0.25) is 18.1 Å². The lowest BCUT2D eigenvalue weighted by Gasteiger charge is -2.50. The van der Waals surface area contributed by atoms with Crippen molar-refractivity contribution in [3.63, 3.8) is 0 Å². The molecule has 0 aromatic heterocycles. The summed E-state index contributed by atoms with van der Waals surface area (Å²) in [6.07, 6.45) is -11.9. The van der Waals surface area contributed by atoms with Gasteiger partial charge in [-0.05, 0) is 52.8 Å². The minimum absolute atomic E-state index is 0.00442. The number of nitrogens with zero attached hydrogens (tertiary/aromatic N) is 3. The summed E-state index contributed by atoms with van der Waals surface area (Å²) >= 11 is 0. The first-order chi connectivity index (χ1) is 33.2. The Bertz CT molecular complexity index is 2270. The first-order valence-electron chi connectivity index (χ1n) is 23.2. The van der Waals surface area contributed by atoms with Crippen LogP contribution in [0.4, 0.5) is 0 Å². The van der Waals surface area contributed by atoms with E-state index >= 15 is 0 Å². The maximum Gasteiger partial charge on any atom is 0.337 e. The van der Waals surface area contributed by atoms with E-state index in [1.54, 1.807) is 0 Å². The number of rotatable bonds is 23. The topological polar surface area (TPSA) is 192 Å². The number of ketones is 1. The van der Waals surface area contributed by atoms with Crippen LogP contribution in [0.25, 0.3) is 10.4 Å². The van der Waals surface area contributed by atoms with Crippen LogP contribution < -0.4 is 0 Å². The molecule has 0 radical (unpaired) electrons. The van der Waals surface area contributed by atoms with Gasteiger partial charge in [-0.2, -0.15) is 0 Å². The van der Waals surface area contributed by atoms with Crippen LogP contribution in [0, 0.1) is 0 Å². The molecule has 69 heavy (non-hydrogen) atoms. The molecule has 0 bridgehead atoms. The molecule has 0 N–H and O–H groups in total. The van der Waals surface area contributed by atoms with E-state index < -0.39 is 81.6 Å². The van der Waals surface area contributed by atoms with Gasteiger partial charge >= 0.3 is 11.9 Å². The Hall–Kier alpha value is -5.30. The molecule has 4 aromatic carbocycles. The number of ether oxygens (including phenoxy) is 9. The van der Waals surface area contributed by atoms with E-state index in [0.717, 1.165) is 22.3 Å². The lowest BCUT2D eigenvalue weighted by molar-refractivity contribution is -0.350. The van der Waals surface area contributed by atoms with Crippen LogP contribution in [0.5, 0.6) is 0 Å². The molecule has 0 saturated carbocycles. The Morgan fingerprint density at radius 1 is 0.652 bits per heavy atom. The van der Waals surface area contributed by atoms with Gasteiger partial charge in [-0.1, -0.05) is 147 Å². The van der Waals surface area contributed by atoms with Crippen molar-refractivity contribution in [2.24, 2.45) is 5.11 Å². The van der Waals surface area contributed by atoms with Crippen molar-refractivity contribution < 1.29 is 61.4 Å². The summed E-state index contributed by atoms with van der Waals surface area (Å²) in [5, 5.41) is 3.99. The second-order valence-corrected chi connectivity index (χ2v) is 23.4. The summed E-state index contributed by atoms with van der Waals surface area (Å²) in [4.78, 5) is 43.3. The Balaban J connectivity index is 1.47. The van der Waals surface area contributed by atoms with Gasteiger partial charge in [0, 0.05) is 11.3 Å². The average molecular weight is 968 g/mol. The highest BCUT2D eigenvalue weighted by molar-refractivity contribution is 6.74. The molecule has 16 nitrogen and oxygen atoms in total. The van der Waals surface area contributed by atoms with Gasteiger partial charge in [0.1, 0.15) is 42.3 Å². The van der Waals surface area contributed by atoms with Gasteiger partial charge in [-0.25, -0.2) is 4.79 Å². The maximum atomic E-state index is 14.0. The Morgan fingerprint density at radius 3 is 1.62 bits per heavy atom. The molecule has 2 aliphatic rings. The summed E-state index contributed by atoms with van der Waals surface area (Å²) < 4.78 is 65.4. The van der Waals surface area contributed by atoms with E-state index in [1.807, 2.05) is 121 Å². The smallest absolute Gasteiger partial charge is 0.337 e. The summed E-state index contributed by atoms with van der Waals surface area (Å²) in [5.41, 5.74) is 13.5. The van der Waals surface area contributed by atoms with Gasteiger partial charge < -0.3 is 51.9 Å². The van der Waals surface area contributed by atoms with Crippen LogP contribution in [0.15, 0.2) is 126 Å². The third-order valence-corrected chi connectivity index (χ3v) is 16.9. The molecule has 17 heteroatoms. The number of Topliss-reactive ketones (excluding diaryl/α,β-unsaturated/α-hetero) is 1. The van der Waals surface area contributed by atoms with Gasteiger partial charge in [0.25, 0.3) is 0 Å². The minimum Gasteiger partial charge on any atom is -0.467 e. The van der Waals surface area contributed by atoms with E-state index in [1.165, 1.54) is 14.0 Å². The number of hydrogen-bond acceptors (Lipinski definition) is 14. The fourth-order valence-electron chi connectivity index (χ4n) is 7.66. The summed E-state index contributed by atoms with van der Waals surface area (Å²) in [7, 11) is -1.43. The Labute approximate surface area is 405 Å². The lowest BCUT2D eigenvalue weighted by atomic mass is 9.95. The molecule has 0 spiro atoms. The van der Waals surface area contributed by atoms with Crippen molar-refractivity contribution in [1.29, 1.82) is 0 Å². The van der Waals surface area contributed by atoms with Crippen LogP contribution in [0.3, 0.4) is 0 Å². The quantitative estimate of drug-likeness (QED) is 0.0225. The van der Waals surface area contributed by atoms with Crippen molar-refractivity contribution in [2.75, 3.05) is 13.7 Å². The van der Waals surface area contributed by atoms with Gasteiger partial charge in [-0.3, -0.25) is 4.79 Å². The molecule has 4 aromatic rings. The molecule has 2 saturated heterocycles. The van der Waals surface area contributed by atoms with E-state index in [-0.39, 0.29) is 56.7 Å². The first kappa shape index (κ1) is 53.1.